The van der Waals surface area contributed by atoms with Gasteiger partial charge in [-0.05, 0) is 0 Å². The van der Waals surface area contributed by atoms with Crippen molar-refractivity contribution in [3.8, 4) is 0 Å². The van der Waals surface area contributed by atoms with Gasteiger partial charge in [0, 0.05) is 6.42 Å². The maximum absolute atomic E-state index is 13.2. The molecule has 0 saturated carbocycles. The molecule has 0 aromatic carbocycles. The van der Waals surface area contributed by atoms with E-state index in [-0.39, 0.29) is 0 Å². The second-order valence-corrected chi connectivity index (χ2v) is 4.78. The zero-order valence-electron chi connectivity index (χ0n) is 12.5. The molecule has 0 aliphatic carbocycles. The van der Waals surface area contributed by atoms with Gasteiger partial charge in [-0.2, -0.15) is 43.9 Å². The van der Waals surface area contributed by atoms with Crippen LogP contribution in [0.15, 0.2) is 0 Å². The smallest absolute Gasteiger partial charge is 0.434 e. The van der Waals surface area contributed by atoms with Gasteiger partial charge in [-0.25, -0.2) is 13.6 Å². The lowest BCUT2D eigenvalue weighted by molar-refractivity contribution is -0.414. The molecule has 0 aliphatic rings. The lowest BCUT2D eigenvalue weighted by Crippen LogP contribution is -2.69. The van der Waals surface area contributed by atoms with E-state index in [2.05, 4.69) is 9.47 Å². The molecule has 0 amide bonds. The van der Waals surface area contributed by atoms with Gasteiger partial charge in [0.05, 0.1) is 13.3 Å². The highest BCUT2D eigenvalue weighted by Crippen LogP contribution is 2.58. The molecule has 3 nitrogen and oxygen atoms in total. The van der Waals surface area contributed by atoms with Crippen LogP contribution < -0.4 is 0 Å². The third-order valence-corrected chi connectivity index (χ3v) is 2.81. The molecule has 0 atom stereocenters. The molecular formula is C11H9F13O3. The SMILES string of the molecule is O=C(OCCCF)OCC(F)(F)C(F)(F)C(F)(F)C(F)(F)C(F)(F)C(F)F. The molecule has 0 aliphatic heterocycles. The Hall–Kier alpha value is -1.64. The molecule has 0 bridgehead atoms. The molecule has 0 radical (unpaired) electrons. The number of hydrogen-bond acceptors (Lipinski definition) is 3. The van der Waals surface area contributed by atoms with Gasteiger partial charge >= 0.3 is 42.2 Å². The minimum absolute atomic E-state index is 0.505. The van der Waals surface area contributed by atoms with E-state index in [9.17, 15) is 61.9 Å². The second kappa shape index (κ2) is 8.16. The number of hydrogen-bond donors (Lipinski definition) is 0. The topological polar surface area (TPSA) is 35.5 Å². The van der Waals surface area contributed by atoms with Crippen molar-refractivity contribution in [1.82, 2.24) is 0 Å². The van der Waals surface area contributed by atoms with Crippen LogP contribution in [0.2, 0.25) is 0 Å². The Bertz CT molecular complexity index is 506. The Morgan fingerprint density at radius 2 is 1.26 bits per heavy atom. The standard InChI is InChI=1S/C11H9F13O3/c12-2-1-3-26-6(25)27-4-7(15,16)9(19,20)11(23,24)10(21,22)8(17,18)5(13)14/h5H,1-4H2. The number of rotatable bonds is 10. The van der Waals surface area contributed by atoms with E-state index in [0.29, 0.717) is 0 Å². The number of ether oxygens (including phenoxy) is 2. The summed E-state index contributed by atoms with van der Waals surface area (Å²) < 4.78 is 172. The summed E-state index contributed by atoms with van der Waals surface area (Å²) in [5, 5.41) is 0. The van der Waals surface area contributed by atoms with Crippen LogP contribution in [0, 0.1) is 0 Å². The van der Waals surface area contributed by atoms with E-state index < -0.39 is 68.5 Å². The highest BCUT2D eigenvalue weighted by Gasteiger charge is 2.87. The third-order valence-electron chi connectivity index (χ3n) is 2.81. The maximum atomic E-state index is 13.2. The van der Waals surface area contributed by atoms with Gasteiger partial charge in [-0.1, -0.05) is 0 Å². The first-order chi connectivity index (χ1) is 11.9. The van der Waals surface area contributed by atoms with Crippen molar-refractivity contribution < 1.29 is 71.3 Å². The second-order valence-electron chi connectivity index (χ2n) is 4.78. The molecule has 16 heteroatoms. The monoisotopic (exact) mass is 436 g/mol. The van der Waals surface area contributed by atoms with Crippen LogP contribution in [-0.4, -0.2) is 62.1 Å². The predicted octanol–water partition coefficient (Wildman–Crippen LogP) is 4.94. The molecule has 27 heavy (non-hydrogen) atoms. The molecule has 0 N–H and O–H groups in total. The molecule has 162 valence electrons. The first-order valence-electron chi connectivity index (χ1n) is 6.43. The van der Waals surface area contributed by atoms with E-state index in [0.717, 1.165) is 0 Å². The van der Waals surface area contributed by atoms with Gasteiger partial charge in [0.25, 0.3) is 0 Å². The highest BCUT2D eigenvalue weighted by atomic mass is 19.4. The molecule has 0 fully saturated rings. The zero-order valence-corrected chi connectivity index (χ0v) is 12.5. The average Bonchev–Trinajstić information content (AvgIpc) is 2.52. The third kappa shape index (κ3) is 4.62. The van der Waals surface area contributed by atoms with Crippen molar-refractivity contribution in [2.24, 2.45) is 0 Å². The van der Waals surface area contributed by atoms with Gasteiger partial charge in [0.15, 0.2) is 6.61 Å². The number of halogens is 13. The Morgan fingerprint density at radius 3 is 1.67 bits per heavy atom. The molecule has 0 spiro atoms. The maximum Gasteiger partial charge on any atom is 0.508 e. The number of carbonyl (C=O) groups is 1. The van der Waals surface area contributed by atoms with Gasteiger partial charge in [0.2, 0.25) is 0 Å². The van der Waals surface area contributed by atoms with E-state index >= 15 is 0 Å². The van der Waals surface area contributed by atoms with Crippen LogP contribution in [0.4, 0.5) is 61.9 Å². The van der Waals surface area contributed by atoms with Crippen molar-refractivity contribution >= 4 is 6.16 Å². The largest absolute Gasteiger partial charge is 0.508 e. The minimum atomic E-state index is -7.70. The minimum Gasteiger partial charge on any atom is -0.434 e. The Morgan fingerprint density at radius 1 is 0.778 bits per heavy atom. The fraction of sp³-hybridized carbons (Fsp3) is 0.909. The first-order valence-corrected chi connectivity index (χ1v) is 6.43. The molecule has 0 aromatic heterocycles. The zero-order chi connectivity index (χ0) is 21.9. The number of alkyl halides is 13. The van der Waals surface area contributed by atoms with Gasteiger partial charge in [-0.3, -0.25) is 4.39 Å². The summed E-state index contributed by atoms with van der Waals surface area (Å²) in [6, 6.07) is 0. The lowest BCUT2D eigenvalue weighted by Gasteiger charge is -2.38. The summed E-state index contributed by atoms with van der Waals surface area (Å²) in [7, 11) is 0. The predicted molar refractivity (Wildman–Crippen MR) is 58.6 cm³/mol. The van der Waals surface area contributed by atoms with Crippen molar-refractivity contribution in [3.05, 3.63) is 0 Å². The Labute approximate surface area is 141 Å². The summed E-state index contributed by atoms with van der Waals surface area (Å²) >= 11 is 0. The summed E-state index contributed by atoms with van der Waals surface area (Å²) in [5.41, 5.74) is 0. The normalized spacial score (nSPS) is 14.4. The number of carbonyl (C=O) groups excluding carboxylic acids is 1. The van der Waals surface area contributed by atoms with Gasteiger partial charge in [-0.15, -0.1) is 0 Å². The van der Waals surface area contributed by atoms with E-state index in [1.807, 2.05) is 0 Å². The molecule has 0 unspecified atom stereocenters. The average molecular weight is 436 g/mol. The van der Waals surface area contributed by atoms with Gasteiger partial charge in [0.1, 0.15) is 0 Å². The van der Waals surface area contributed by atoms with E-state index in [1.165, 1.54) is 0 Å². The molecule has 0 heterocycles. The molecule has 0 saturated heterocycles. The van der Waals surface area contributed by atoms with Crippen LogP contribution in [0.25, 0.3) is 0 Å². The quantitative estimate of drug-likeness (QED) is 0.277. The fourth-order valence-corrected chi connectivity index (χ4v) is 1.27. The van der Waals surface area contributed by atoms with Crippen LogP contribution in [0.5, 0.6) is 0 Å². The van der Waals surface area contributed by atoms with Crippen molar-refractivity contribution in [3.63, 3.8) is 0 Å². The van der Waals surface area contributed by atoms with Crippen LogP contribution in [0.3, 0.4) is 0 Å². The molecular weight excluding hydrogens is 427 g/mol. The van der Waals surface area contributed by atoms with Crippen LogP contribution >= 0.6 is 0 Å². The van der Waals surface area contributed by atoms with Crippen LogP contribution in [-0.2, 0) is 9.47 Å². The summed E-state index contributed by atoms with van der Waals surface area (Å²) in [4.78, 5) is 10.7. The fourth-order valence-electron chi connectivity index (χ4n) is 1.27. The Kier molecular flexibility index (Phi) is 7.66. The van der Waals surface area contributed by atoms with Crippen LogP contribution in [0.1, 0.15) is 6.42 Å². The molecule has 0 rings (SSSR count). The Balaban J connectivity index is 5.51. The summed E-state index contributed by atoms with van der Waals surface area (Å²) in [6.07, 6.45) is -8.34. The summed E-state index contributed by atoms with van der Waals surface area (Å²) in [6.45, 7) is -4.98. The van der Waals surface area contributed by atoms with Crippen molar-refractivity contribution in [1.29, 1.82) is 0 Å². The lowest BCUT2D eigenvalue weighted by atomic mass is 9.94. The van der Waals surface area contributed by atoms with E-state index in [1.54, 1.807) is 0 Å². The summed E-state index contributed by atoms with van der Waals surface area (Å²) in [5.74, 6) is -36.2. The van der Waals surface area contributed by atoms with E-state index in [4.69, 9.17) is 0 Å². The van der Waals surface area contributed by atoms with Gasteiger partial charge < -0.3 is 9.47 Å². The first kappa shape index (κ1) is 25.4. The van der Waals surface area contributed by atoms with Crippen molar-refractivity contribution in [2.45, 2.75) is 42.5 Å². The van der Waals surface area contributed by atoms with Crippen molar-refractivity contribution in [2.75, 3.05) is 19.9 Å². The highest BCUT2D eigenvalue weighted by molar-refractivity contribution is 5.59. The molecule has 0 aromatic rings.